The number of anilines is 2. The molecule has 0 fully saturated rings. The molecule has 164 valence electrons. The van der Waals surface area contributed by atoms with Crippen LogP contribution in [0.25, 0.3) is 11.4 Å². The largest absolute Gasteiger partial charge is 0.466 e. The molecule has 0 aliphatic heterocycles. The molecule has 9 heteroatoms. The predicted molar refractivity (Wildman–Crippen MR) is 119 cm³/mol. The smallest absolute Gasteiger partial charge is 0.344 e. The number of carbonyl (C=O) groups is 3. The number of nitrogens with one attached hydrogen (secondary N) is 1. The summed E-state index contributed by atoms with van der Waals surface area (Å²) in [6.07, 6.45) is 0.600. The Morgan fingerprint density at radius 2 is 1.81 bits per heavy atom. The number of hydrogen-bond acceptors (Lipinski definition) is 8. The maximum atomic E-state index is 12.4. The Hall–Kier alpha value is -3.78. The molecule has 1 N–H and O–H groups in total. The van der Waals surface area contributed by atoms with Crippen molar-refractivity contribution < 1.29 is 23.9 Å². The molecule has 0 saturated carbocycles. The number of rotatable bonds is 8. The third-order valence-corrected chi connectivity index (χ3v) is 4.75. The number of nitrogens with zero attached hydrogens (tertiary/aromatic N) is 2. The summed E-state index contributed by atoms with van der Waals surface area (Å²) >= 11 is 6.26. The molecule has 0 atom stereocenters. The fourth-order valence-electron chi connectivity index (χ4n) is 2.94. The first-order valence-electron chi connectivity index (χ1n) is 9.68. The van der Waals surface area contributed by atoms with Crippen LogP contribution in [0.5, 0.6) is 0 Å². The number of aromatic nitrogens is 2. The van der Waals surface area contributed by atoms with Gasteiger partial charge in [-0.2, -0.15) is 0 Å². The van der Waals surface area contributed by atoms with Crippen molar-refractivity contribution in [1.82, 2.24) is 9.97 Å². The van der Waals surface area contributed by atoms with Crippen molar-refractivity contribution >= 4 is 41.3 Å². The van der Waals surface area contributed by atoms with Gasteiger partial charge in [-0.25, -0.2) is 14.8 Å². The van der Waals surface area contributed by atoms with Crippen LogP contribution in [0, 0.1) is 0 Å². The quantitative estimate of drug-likeness (QED) is 0.398. The van der Waals surface area contributed by atoms with Crippen molar-refractivity contribution in [3.05, 3.63) is 70.4 Å². The monoisotopic (exact) mass is 453 g/mol. The lowest BCUT2D eigenvalue weighted by atomic mass is 10.1. The molecule has 1 aromatic heterocycles. The molecule has 0 bridgehead atoms. The summed E-state index contributed by atoms with van der Waals surface area (Å²) in [6, 6.07) is 13.8. The van der Waals surface area contributed by atoms with E-state index in [1.54, 1.807) is 55.5 Å². The lowest BCUT2D eigenvalue weighted by molar-refractivity contribution is -0.142. The minimum Gasteiger partial charge on any atom is -0.466 e. The zero-order chi connectivity index (χ0) is 23.1. The van der Waals surface area contributed by atoms with Gasteiger partial charge < -0.3 is 14.8 Å². The second-order valence-electron chi connectivity index (χ2n) is 6.55. The van der Waals surface area contributed by atoms with Gasteiger partial charge in [-0.1, -0.05) is 35.9 Å². The fraction of sp³-hybridized carbons (Fsp3) is 0.174. The summed E-state index contributed by atoms with van der Waals surface area (Å²) in [5, 5.41) is 3.42. The highest BCUT2D eigenvalue weighted by Gasteiger charge is 2.23. The molecule has 0 radical (unpaired) electrons. The van der Waals surface area contributed by atoms with Crippen LogP contribution in [0.4, 0.5) is 11.5 Å². The van der Waals surface area contributed by atoms with Crippen molar-refractivity contribution in [3.8, 4) is 11.4 Å². The maximum Gasteiger partial charge on any atom is 0.344 e. The fourth-order valence-corrected chi connectivity index (χ4v) is 3.16. The average Bonchev–Trinajstić information content (AvgIpc) is 2.79. The van der Waals surface area contributed by atoms with Crippen molar-refractivity contribution in [3.63, 3.8) is 0 Å². The number of aldehydes is 1. The van der Waals surface area contributed by atoms with E-state index in [4.69, 9.17) is 21.1 Å². The number of esters is 2. The Bertz CT molecular complexity index is 1150. The molecule has 1 heterocycles. The third kappa shape index (κ3) is 5.28. The van der Waals surface area contributed by atoms with Crippen molar-refractivity contribution in [2.24, 2.45) is 0 Å². The average molecular weight is 454 g/mol. The number of hydrogen-bond donors (Lipinski definition) is 1. The number of ether oxygens (including phenoxy) is 2. The van der Waals surface area contributed by atoms with Gasteiger partial charge in [-0.15, -0.1) is 0 Å². The highest BCUT2D eigenvalue weighted by Crippen LogP contribution is 2.29. The van der Waals surface area contributed by atoms with Crippen LogP contribution in [0.2, 0.25) is 5.02 Å². The third-order valence-electron chi connectivity index (χ3n) is 4.42. The zero-order valence-electron chi connectivity index (χ0n) is 17.4. The Morgan fingerprint density at radius 3 is 2.44 bits per heavy atom. The summed E-state index contributed by atoms with van der Waals surface area (Å²) in [6.45, 7) is 2.06. The minimum absolute atomic E-state index is 0.0852. The standard InChI is InChI=1S/C23H20ClN3O5/c1-3-32-19(29)12-14-8-10-15(11-9-14)25-22-20(23(30)31-2)18(13-28)26-21(27-22)16-6-4-5-7-17(16)24/h4-11,13H,3,12H2,1-2H3,(H,25,26,27). The highest BCUT2D eigenvalue weighted by molar-refractivity contribution is 6.33. The van der Waals surface area contributed by atoms with Crippen LogP contribution < -0.4 is 5.32 Å². The summed E-state index contributed by atoms with van der Waals surface area (Å²) in [5.74, 6) is -0.829. The van der Waals surface area contributed by atoms with E-state index in [9.17, 15) is 14.4 Å². The molecule has 3 rings (SSSR count). The van der Waals surface area contributed by atoms with Gasteiger partial charge in [0.05, 0.1) is 25.2 Å². The zero-order valence-corrected chi connectivity index (χ0v) is 18.2. The summed E-state index contributed by atoms with van der Waals surface area (Å²) in [5.41, 5.74) is 1.59. The van der Waals surface area contributed by atoms with E-state index < -0.39 is 5.97 Å². The Labute approximate surface area is 189 Å². The van der Waals surface area contributed by atoms with E-state index >= 15 is 0 Å². The normalized spacial score (nSPS) is 10.3. The molecule has 0 aliphatic rings. The molecule has 2 aromatic carbocycles. The van der Waals surface area contributed by atoms with Gasteiger partial charge in [-0.3, -0.25) is 9.59 Å². The van der Waals surface area contributed by atoms with E-state index in [1.807, 2.05) is 0 Å². The van der Waals surface area contributed by atoms with E-state index in [-0.39, 0.29) is 35.3 Å². The van der Waals surface area contributed by atoms with Gasteiger partial charge in [0.1, 0.15) is 17.1 Å². The summed E-state index contributed by atoms with van der Waals surface area (Å²) in [4.78, 5) is 44.4. The Balaban J connectivity index is 2.01. The number of carbonyl (C=O) groups excluding carboxylic acids is 3. The molecule has 0 aliphatic carbocycles. The summed E-state index contributed by atoms with van der Waals surface area (Å²) in [7, 11) is 1.20. The molecule has 3 aromatic rings. The summed E-state index contributed by atoms with van der Waals surface area (Å²) < 4.78 is 9.77. The topological polar surface area (TPSA) is 107 Å². The van der Waals surface area contributed by atoms with Gasteiger partial charge in [0.2, 0.25) is 0 Å². The maximum absolute atomic E-state index is 12.4. The van der Waals surface area contributed by atoms with Crippen LogP contribution in [0.15, 0.2) is 48.5 Å². The second kappa shape index (κ2) is 10.5. The molecule has 8 nitrogen and oxygen atoms in total. The van der Waals surface area contributed by atoms with Crippen LogP contribution in [-0.2, 0) is 20.7 Å². The van der Waals surface area contributed by atoms with E-state index in [2.05, 4.69) is 15.3 Å². The Morgan fingerprint density at radius 1 is 1.09 bits per heavy atom. The van der Waals surface area contributed by atoms with Crippen molar-refractivity contribution in [2.45, 2.75) is 13.3 Å². The van der Waals surface area contributed by atoms with Crippen LogP contribution in [0.1, 0.15) is 33.3 Å². The number of halogens is 1. The first-order chi connectivity index (χ1) is 15.5. The van der Waals surface area contributed by atoms with Crippen LogP contribution in [-0.4, -0.2) is 41.9 Å². The first-order valence-corrected chi connectivity index (χ1v) is 10.1. The van der Waals surface area contributed by atoms with Gasteiger partial charge in [0.15, 0.2) is 12.1 Å². The van der Waals surface area contributed by atoms with Gasteiger partial charge in [0, 0.05) is 11.3 Å². The van der Waals surface area contributed by atoms with E-state index in [0.717, 1.165) is 5.56 Å². The molecule has 0 amide bonds. The molecule has 0 spiro atoms. The molecule has 0 saturated heterocycles. The minimum atomic E-state index is -0.765. The van der Waals surface area contributed by atoms with E-state index in [1.165, 1.54) is 7.11 Å². The molecule has 0 unspecified atom stereocenters. The first kappa shape index (κ1) is 22.9. The van der Waals surface area contributed by atoms with Crippen molar-refractivity contribution in [2.75, 3.05) is 19.0 Å². The number of benzene rings is 2. The number of methoxy groups -OCH3 is 1. The van der Waals surface area contributed by atoms with Gasteiger partial charge in [-0.05, 0) is 36.8 Å². The second-order valence-corrected chi connectivity index (χ2v) is 6.96. The predicted octanol–water partition coefficient (Wildman–Crippen LogP) is 4.25. The van der Waals surface area contributed by atoms with E-state index in [0.29, 0.717) is 29.2 Å². The highest BCUT2D eigenvalue weighted by atomic mass is 35.5. The lowest BCUT2D eigenvalue weighted by Crippen LogP contribution is -2.14. The lowest BCUT2D eigenvalue weighted by Gasteiger charge is -2.14. The van der Waals surface area contributed by atoms with Crippen molar-refractivity contribution in [1.29, 1.82) is 0 Å². The van der Waals surface area contributed by atoms with Crippen LogP contribution in [0.3, 0.4) is 0 Å². The Kier molecular flexibility index (Phi) is 7.51. The molecular weight excluding hydrogens is 434 g/mol. The molecule has 32 heavy (non-hydrogen) atoms. The molecular formula is C23H20ClN3O5. The van der Waals surface area contributed by atoms with Gasteiger partial charge >= 0.3 is 11.9 Å². The van der Waals surface area contributed by atoms with Crippen LogP contribution >= 0.6 is 11.6 Å². The van der Waals surface area contributed by atoms with Gasteiger partial charge in [0.25, 0.3) is 0 Å². The SMILES string of the molecule is CCOC(=O)Cc1ccc(Nc2nc(-c3ccccc3Cl)nc(C=O)c2C(=O)OC)cc1.